The third-order valence-electron chi connectivity index (χ3n) is 6.15. The van der Waals surface area contributed by atoms with Crippen molar-refractivity contribution < 1.29 is 19.1 Å². The molecule has 4 heterocycles. The normalized spacial score (nSPS) is 21.9. The number of amides is 3. The van der Waals surface area contributed by atoms with E-state index >= 15 is 0 Å². The fourth-order valence-electron chi connectivity index (χ4n) is 4.48. The van der Waals surface area contributed by atoms with E-state index in [2.05, 4.69) is 21.3 Å². The molecule has 2 saturated heterocycles. The highest BCUT2D eigenvalue weighted by Crippen LogP contribution is 2.31. The Labute approximate surface area is 180 Å². The molecule has 0 aliphatic carbocycles. The van der Waals surface area contributed by atoms with Gasteiger partial charge in [0.15, 0.2) is 0 Å². The standard InChI is InChI=1S/C23H24N4O4/c28-21-4-3-20(22(29)25-21)27-14-17-12-16(1-2-18(17)23(27)30)19-11-15(5-6-24-19)13-26-7-9-31-10-8-26/h1-2,5-6,11-12,20H,3-4,7-10,13-14H2,(H,25,28,29). The molecular formula is C23H24N4O4. The van der Waals surface area contributed by atoms with E-state index in [1.54, 1.807) is 4.90 Å². The predicted molar refractivity (Wildman–Crippen MR) is 112 cm³/mol. The molecule has 2 aromatic rings. The van der Waals surface area contributed by atoms with Crippen LogP contribution in [-0.2, 0) is 27.4 Å². The molecule has 31 heavy (non-hydrogen) atoms. The number of carbonyl (C=O) groups is 3. The van der Waals surface area contributed by atoms with Gasteiger partial charge in [-0.3, -0.25) is 29.6 Å². The van der Waals surface area contributed by atoms with Gasteiger partial charge in [0.25, 0.3) is 5.91 Å². The molecule has 5 rings (SSSR count). The maximum Gasteiger partial charge on any atom is 0.255 e. The van der Waals surface area contributed by atoms with Gasteiger partial charge in [-0.05, 0) is 41.8 Å². The molecule has 0 spiro atoms. The smallest absolute Gasteiger partial charge is 0.255 e. The molecule has 3 aliphatic rings. The molecule has 3 amide bonds. The minimum atomic E-state index is -0.601. The van der Waals surface area contributed by atoms with Crippen LogP contribution in [0.25, 0.3) is 11.3 Å². The first-order valence-electron chi connectivity index (χ1n) is 10.6. The van der Waals surface area contributed by atoms with E-state index < -0.39 is 11.9 Å². The molecule has 0 bridgehead atoms. The van der Waals surface area contributed by atoms with E-state index in [0.717, 1.165) is 49.7 Å². The van der Waals surface area contributed by atoms with Gasteiger partial charge in [0, 0.05) is 49.9 Å². The zero-order chi connectivity index (χ0) is 21.4. The second kappa shape index (κ2) is 8.20. The van der Waals surface area contributed by atoms with Gasteiger partial charge in [-0.25, -0.2) is 0 Å². The summed E-state index contributed by atoms with van der Waals surface area (Å²) in [5.74, 6) is -0.837. The second-order valence-corrected chi connectivity index (χ2v) is 8.21. The van der Waals surface area contributed by atoms with Crippen molar-refractivity contribution >= 4 is 17.7 Å². The maximum absolute atomic E-state index is 12.9. The molecule has 0 saturated carbocycles. The second-order valence-electron chi connectivity index (χ2n) is 8.21. The van der Waals surface area contributed by atoms with Gasteiger partial charge in [0.05, 0.1) is 18.9 Å². The summed E-state index contributed by atoms with van der Waals surface area (Å²) < 4.78 is 5.42. The summed E-state index contributed by atoms with van der Waals surface area (Å²) in [6.07, 6.45) is 2.43. The minimum absolute atomic E-state index is 0.162. The van der Waals surface area contributed by atoms with Gasteiger partial charge < -0.3 is 9.64 Å². The Morgan fingerprint density at radius 3 is 2.74 bits per heavy atom. The van der Waals surface area contributed by atoms with Gasteiger partial charge >= 0.3 is 0 Å². The Bertz CT molecular complexity index is 1050. The van der Waals surface area contributed by atoms with Gasteiger partial charge in [0.1, 0.15) is 6.04 Å². The number of piperidine rings is 1. The number of morpholine rings is 1. The third-order valence-corrected chi connectivity index (χ3v) is 6.15. The Morgan fingerprint density at radius 1 is 1.10 bits per heavy atom. The number of pyridine rings is 1. The highest BCUT2D eigenvalue weighted by molar-refractivity contribution is 6.05. The molecule has 0 radical (unpaired) electrons. The summed E-state index contributed by atoms with van der Waals surface area (Å²) in [6, 6.07) is 9.23. The van der Waals surface area contributed by atoms with Gasteiger partial charge in [-0.15, -0.1) is 0 Å². The Morgan fingerprint density at radius 2 is 1.94 bits per heavy atom. The molecule has 1 N–H and O–H groups in total. The summed E-state index contributed by atoms with van der Waals surface area (Å²) in [6.45, 7) is 4.60. The van der Waals surface area contributed by atoms with Crippen LogP contribution in [0.3, 0.4) is 0 Å². The molecule has 8 nitrogen and oxygen atoms in total. The number of imide groups is 1. The van der Waals surface area contributed by atoms with Crippen LogP contribution < -0.4 is 5.32 Å². The fourth-order valence-corrected chi connectivity index (χ4v) is 4.48. The molecule has 1 atom stereocenters. The Kier molecular flexibility index (Phi) is 5.25. The lowest BCUT2D eigenvalue weighted by atomic mass is 10.0. The minimum Gasteiger partial charge on any atom is -0.379 e. The summed E-state index contributed by atoms with van der Waals surface area (Å²) in [5.41, 5.74) is 4.49. The van der Waals surface area contributed by atoms with E-state index in [-0.39, 0.29) is 18.2 Å². The molecule has 1 unspecified atom stereocenters. The zero-order valence-electron chi connectivity index (χ0n) is 17.2. The topological polar surface area (TPSA) is 91.8 Å². The van der Waals surface area contributed by atoms with Crippen LogP contribution in [-0.4, -0.2) is 64.9 Å². The number of hydrogen-bond acceptors (Lipinski definition) is 6. The monoisotopic (exact) mass is 420 g/mol. The number of ether oxygens (including phenoxy) is 1. The lowest BCUT2D eigenvalue weighted by Crippen LogP contribution is -2.52. The van der Waals surface area contributed by atoms with E-state index in [1.807, 2.05) is 30.5 Å². The van der Waals surface area contributed by atoms with Crippen LogP contribution in [0.1, 0.15) is 34.3 Å². The van der Waals surface area contributed by atoms with Crippen LogP contribution in [0.5, 0.6) is 0 Å². The average Bonchev–Trinajstić information content (AvgIpc) is 3.10. The summed E-state index contributed by atoms with van der Waals surface area (Å²) in [7, 11) is 0. The van der Waals surface area contributed by atoms with Crippen molar-refractivity contribution in [2.24, 2.45) is 0 Å². The van der Waals surface area contributed by atoms with E-state index in [1.165, 1.54) is 5.56 Å². The fraction of sp³-hybridized carbons (Fsp3) is 0.391. The lowest BCUT2D eigenvalue weighted by Gasteiger charge is -2.29. The number of aromatic nitrogens is 1. The van der Waals surface area contributed by atoms with Crippen molar-refractivity contribution in [3.63, 3.8) is 0 Å². The number of rotatable bonds is 4. The lowest BCUT2D eigenvalue weighted by molar-refractivity contribution is -0.136. The molecule has 1 aromatic heterocycles. The first kappa shape index (κ1) is 19.8. The average molecular weight is 420 g/mol. The van der Waals surface area contributed by atoms with Crippen molar-refractivity contribution in [3.8, 4) is 11.3 Å². The molecule has 8 heteroatoms. The number of nitrogens with zero attached hydrogens (tertiary/aromatic N) is 3. The number of carbonyl (C=O) groups excluding carboxylic acids is 3. The van der Waals surface area contributed by atoms with Crippen molar-refractivity contribution in [1.82, 2.24) is 20.1 Å². The number of fused-ring (bicyclic) bond motifs is 1. The van der Waals surface area contributed by atoms with Crippen LogP contribution in [0, 0.1) is 0 Å². The quantitative estimate of drug-likeness (QED) is 0.751. The van der Waals surface area contributed by atoms with Crippen LogP contribution >= 0.6 is 0 Å². The molecule has 2 fully saturated rings. The van der Waals surface area contributed by atoms with Crippen LogP contribution in [0.4, 0.5) is 0 Å². The van der Waals surface area contributed by atoms with Crippen LogP contribution in [0.15, 0.2) is 36.5 Å². The first-order chi connectivity index (χ1) is 15.1. The molecule has 1 aromatic carbocycles. The number of benzene rings is 1. The third kappa shape index (κ3) is 3.96. The summed E-state index contributed by atoms with van der Waals surface area (Å²) in [5, 5.41) is 2.34. The van der Waals surface area contributed by atoms with Crippen molar-refractivity contribution in [2.45, 2.75) is 32.0 Å². The molecular weight excluding hydrogens is 396 g/mol. The highest BCUT2D eigenvalue weighted by Gasteiger charge is 2.39. The highest BCUT2D eigenvalue weighted by atomic mass is 16.5. The summed E-state index contributed by atoms with van der Waals surface area (Å²) in [4.78, 5) is 45.0. The summed E-state index contributed by atoms with van der Waals surface area (Å²) >= 11 is 0. The van der Waals surface area contributed by atoms with Crippen molar-refractivity contribution in [3.05, 3.63) is 53.2 Å². The van der Waals surface area contributed by atoms with E-state index in [9.17, 15) is 14.4 Å². The SMILES string of the molecule is O=C1CCC(N2Cc3cc(-c4cc(CN5CCOCC5)ccn4)ccc3C2=O)C(=O)N1. The Hall–Kier alpha value is -3.10. The largest absolute Gasteiger partial charge is 0.379 e. The molecule has 3 aliphatic heterocycles. The molecule has 160 valence electrons. The maximum atomic E-state index is 12.9. The van der Waals surface area contributed by atoms with E-state index in [4.69, 9.17) is 4.74 Å². The van der Waals surface area contributed by atoms with Crippen molar-refractivity contribution in [2.75, 3.05) is 26.3 Å². The Balaban J connectivity index is 1.35. The number of hydrogen-bond donors (Lipinski definition) is 1. The van der Waals surface area contributed by atoms with Gasteiger partial charge in [0.2, 0.25) is 11.8 Å². The van der Waals surface area contributed by atoms with Crippen LogP contribution in [0.2, 0.25) is 0 Å². The number of nitrogens with one attached hydrogen (secondary N) is 1. The van der Waals surface area contributed by atoms with Gasteiger partial charge in [-0.2, -0.15) is 0 Å². The van der Waals surface area contributed by atoms with Gasteiger partial charge in [-0.1, -0.05) is 6.07 Å². The predicted octanol–water partition coefficient (Wildman–Crippen LogP) is 1.34. The zero-order valence-corrected chi connectivity index (χ0v) is 17.2. The first-order valence-corrected chi connectivity index (χ1v) is 10.6. The van der Waals surface area contributed by atoms with E-state index in [0.29, 0.717) is 18.5 Å². The van der Waals surface area contributed by atoms with Crippen molar-refractivity contribution in [1.29, 1.82) is 0 Å².